The van der Waals surface area contributed by atoms with Crippen LogP contribution in [-0.4, -0.2) is 46.3 Å². The van der Waals surface area contributed by atoms with Crippen molar-refractivity contribution in [2.24, 2.45) is 5.92 Å². The summed E-state index contributed by atoms with van der Waals surface area (Å²) < 4.78 is 0. The average molecular weight is 312 g/mol. The molecule has 2 fully saturated rings. The fourth-order valence-electron chi connectivity index (χ4n) is 3.60. The summed E-state index contributed by atoms with van der Waals surface area (Å²) >= 11 is 1.84. The number of carbonyl (C=O) groups is 2. The molecule has 0 radical (unpaired) electrons. The molecule has 1 N–H and O–H groups in total. The zero-order valence-corrected chi connectivity index (χ0v) is 14.4. The van der Waals surface area contributed by atoms with Crippen molar-refractivity contribution in [2.45, 2.75) is 76.3 Å². The molecular weight excluding hydrogens is 284 g/mol. The largest absolute Gasteiger partial charge is 0.343 e. The maximum absolute atomic E-state index is 12.9. The third-order valence-corrected chi connectivity index (χ3v) is 5.86. The van der Waals surface area contributed by atoms with Gasteiger partial charge in [0.2, 0.25) is 11.8 Å². The second kappa shape index (κ2) is 7.03. The zero-order chi connectivity index (χ0) is 15.6. The van der Waals surface area contributed by atoms with Crippen LogP contribution >= 0.6 is 11.8 Å². The molecule has 21 heavy (non-hydrogen) atoms. The van der Waals surface area contributed by atoms with Crippen molar-refractivity contribution in [1.29, 1.82) is 0 Å². The van der Waals surface area contributed by atoms with E-state index in [9.17, 15) is 9.59 Å². The normalized spacial score (nSPS) is 34.2. The van der Waals surface area contributed by atoms with Gasteiger partial charge in [0.25, 0.3) is 0 Å². The van der Waals surface area contributed by atoms with Crippen molar-refractivity contribution in [1.82, 2.24) is 10.2 Å². The fourth-order valence-corrected chi connectivity index (χ4v) is 4.59. The number of piperazine rings is 1. The first-order valence-corrected chi connectivity index (χ1v) is 9.39. The molecule has 1 aliphatic carbocycles. The molecule has 0 aromatic heterocycles. The highest BCUT2D eigenvalue weighted by Crippen LogP contribution is 2.33. The Morgan fingerprint density at radius 2 is 1.95 bits per heavy atom. The van der Waals surface area contributed by atoms with Crippen LogP contribution in [0.25, 0.3) is 0 Å². The Morgan fingerprint density at radius 3 is 2.57 bits per heavy atom. The smallest absolute Gasteiger partial charge is 0.246 e. The van der Waals surface area contributed by atoms with E-state index in [0.717, 1.165) is 25.7 Å². The van der Waals surface area contributed by atoms with E-state index in [4.69, 9.17) is 0 Å². The molecule has 1 aliphatic heterocycles. The second-order valence-corrected chi connectivity index (χ2v) is 7.82. The molecule has 1 heterocycles. The molecule has 4 atom stereocenters. The van der Waals surface area contributed by atoms with E-state index in [0.29, 0.717) is 11.2 Å². The Bertz CT molecular complexity index is 400. The Labute approximate surface area is 132 Å². The summed E-state index contributed by atoms with van der Waals surface area (Å²) in [5, 5.41) is 3.38. The lowest BCUT2D eigenvalue weighted by Crippen LogP contribution is -2.66. The van der Waals surface area contributed by atoms with Gasteiger partial charge in [-0.05, 0) is 38.4 Å². The van der Waals surface area contributed by atoms with Crippen LogP contribution in [0.5, 0.6) is 0 Å². The van der Waals surface area contributed by atoms with Gasteiger partial charge in [-0.1, -0.05) is 26.7 Å². The van der Waals surface area contributed by atoms with Crippen LogP contribution in [0.4, 0.5) is 0 Å². The number of amides is 2. The summed E-state index contributed by atoms with van der Waals surface area (Å²) in [7, 11) is 0. The predicted octanol–water partition coefficient (Wildman–Crippen LogP) is 2.42. The van der Waals surface area contributed by atoms with Crippen molar-refractivity contribution < 1.29 is 9.59 Å². The summed E-state index contributed by atoms with van der Waals surface area (Å²) in [6.45, 7) is 6.05. The molecule has 5 heteroatoms. The van der Waals surface area contributed by atoms with Gasteiger partial charge in [0.05, 0.1) is 0 Å². The molecule has 0 aromatic carbocycles. The molecule has 2 rings (SSSR count). The lowest BCUT2D eigenvalue weighted by molar-refractivity contribution is -0.152. The minimum Gasteiger partial charge on any atom is -0.343 e. The Kier molecular flexibility index (Phi) is 5.58. The van der Waals surface area contributed by atoms with Crippen LogP contribution in [0, 0.1) is 5.92 Å². The first-order chi connectivity index (χ1) is 9.95. The highest BCUT2D eigenvalue weighted by atomic mass is 32.2. The summed E-state index contributed by atoms with van der Waals surface area (Å²) in [6.07, 6.45) is 7.43. The molecule has 0 bridgehead atoms. The molecule has 2 amide bonds. The fraction of sp³-hybridized carbons (Fsp3) is 0.875. The first-order valence-electron chi connectivity index (χ1n) is 8.11. The lowest BCUT2D eigenvalue weighted by Gasteiger charge is -2.46. The van der Waals surface area contributed by atoms with Crippen molar-refractivity contribution in [3.63, 3.8) is 0 Å². The zero-order valence-electron chi connectivity index (χ0n) is 13.6. The molecule has 4 unspecified atom stereocenters. The van der Waals surface area contributed by atoms with Gasteiger partial charge in [-0.25, -0.2) is 0 Å². The monoisotopic (exact) mass is 312 g/mol. The predicted molar refractivity (Wildman–Crippen MR) is 87.3 cm³/mol. The molecule has 1 saturated heterocycles. The van der Waals surface area contributed by atoms with Crippen LogP contribution in [0.3, 0.4) is 0 Å². The lowest BCUT2D eigenvalue weighted by atomic mass is 9.90. The minimum absolute atomic E-state index is 0.00526. The molecular formula is C16H28N2O2S. The maximum Gasteiger partial charge on any atom is 0.246 e. The molecule has 120 valence electrons. The number of thioether (sulfide) groups is 1. The average Bonchev–Trinajstić information content (AvgIpc) is 2.45. The van der Waals surface area contributed by atoms with Gasteiger partial charge < -0.3 is 10.2 Å². The first kappa shape index (κ1) is 16.7. The Balaban J connectivity index is 2.21. The van der Waals surface area contributed by atoms with Crippen molar-refractivity contribution >= 4 is 23.6 Å². The molecule has 2 aliphatic rings. The number of carbonyl (C=O) groups excluding carboxylic acids is 2. The number of hydrogen-bond acceptors (Lipinski definition) is 3. The maximum atomic E-state index is 12.9. The highest BCUT2D eigenvalue weighted by Gasteiger charge is 2.44. The molecule has 4 nitrogen and oxygen atoms in total. The third kappa shape index (κ3) is 3.55. The SMILES string of the molecule is CSC1CCCCC1N1C(=O)C(CC(C)C)NC(=O)C1C. The second-order valence-electron chi connectivity index (χ2n) is 6.74. The summed E-state index contributed by atoms with van der Waals surface area (Å²) in [4.78, 5) is 27.1. The molecule has 1 saturated carbocycles. The Morgan fingerprint density at radius 1 is 1.29 bits per heavy atom. The molecule has 0 spiro atoms. The highest BCUT2D eigenvalue weighted by molar-refractivity contribution is 7.99. The third-order valence-electron chi connectivity index (χ3n) is 4.70. The van der Waals surface area contributed by atoms with Crippen LogP contribution in [0.15, 0.2) is 0 Å². The number of hydrogen-bond donors (Lipinski definition) is 1. The topological polar surface area (TPSA) is 49.4 Å². The molecule has 0 aromatic rings. The number of nitrogens with one attached hydrogen (secondary N) is 1. The summed E-state index contributed by atoms with van der Waals surface area (Å²) in [5.41, 5.74) is 0. The van der Waals surface area contributed by atoms with Crippen LogP contribution in [0.1, 0.15) is 52.9 Å². The van der Waals surface area contributed by atoms with Gasteiger partial charge in [0, 0.05) is 11.3 Å². The van der Waals surface area contributed by atoms with Crippen molar-refractivity contribution in [2.75, 3.05) is 6.26 Å². The van der Waals surface area contributed by atoms with Crippen LogP contribution < -0.4 is 5.32 Å². The number of rotatable bonds is 4. The van der Waals surface area contributed by atoms with E-state index in [2.05, 4.69) is 25.4 Å². The van der Waals surface area contributed by atoms with E-state index in [1.54, 1.807) is 0 Å². The van der Waals surface area contributed by atoms with Gasteiger partial charge in [-0.3, -0.25) is 9.59 Å². The number of nitrogens with zero attached hydrogens (tertiary/aromatic N) is 1. The van der Waals surface area contributed by atoms with E-state index in [1.807, 2.05) is 23.6 Å². The van der Waals surface area contributed by atoms with Gasteiger partial charge in [-0.15, -0.1) is 0 Å². The summed E-state index contributed by atoms with van der Waals surface area (Å²) in [6, 6.07) is -0.450. The van der Waals surface area contributed by atoms with E-state index in [-0.39, 0.29) is 29.9 Å². The van der Waals surface area contributed by atoms with E-state index < -0.39 is 0 Å². The van der Waals surface area contributed by atoms with Crippen LogP contribution in [0.2, 0.25) is 0 Å². The van der Waals surface area contributed by atoms with Crippen molar-refractivity contribution in [3.8, 4) is 0 Å². The Hall–Kier alpha value is -0.710. The summed E-state index contributed by atoms with van der Waals surface area (Å²) in [5.74, 6) is 0.532. The standard InChI is InChI=1S/C16H28N2O2S/c1-10(2)9-12-16(20)18(11(3)15(19)17-12)13-7-5-6-8-14(13)21-4/h10-14H,5-9H2,1-4H3,(H,17,19). The van der Waals surface area contributed by atoms with Gasteiger partial charge in [0.1, 0.15) is 12.1 Å². The minimum atomic E-state index is -0.335. The quantitative estimate of drug-likeness (QED) is 0.867. The van der Waals surface area contributed by atoms with Crippen LogP contribution in [-0.2, 0) is 9.59 Å². The van der Waals surface area contributed by atoms with E-state index in [1.165, 1.54) is 6.42 Å². The van der Waals surface area contributed by atoms with Gasteiger partial charge in [0.15, 0.2) is 0 Å². The van der Waals surface area contributed by atoms with Gasteiger partial charge in [-0.2, -0.15) is 11.8 Å². The van der Waals surface area contributed by atoms with Gasteiger partial charge >= 0.3 is 0 Å². The van der Waals surface area contributed by atoms with Crippen molar-refractivity contribution in [3.05, 3.63) is 0 Å². The van der Waals surface area contributed by atoms with E-state index >= 15 is 0 Å².